The minimum atomic E-state index is 0.833. The van der Waals surface area contributed by atoms with Crippen molar-refractivity contribution in [3.63, 3.8) is 0 Å². The molecule has 2 nitrogen and oxygen atoms in total. The molecule has 1 aromatic carbocycles. The third-order valence-electron chi connectivity index (χ3n) is 2.32. The van der Waals surface area contributed by atoms with Crippen LogP contribution >= 0.6 is 27.7 Å². The van der Waals surface area contributed by atoms with E-state index < -0.39 is 0 Å². The quantitative estimate of drug-likeness (QED) is 0.690. The van der Waals surface area contributed by atoms with Crippen LogP contribution < -0.4 is 5.73 Å². The SMILES string of the molecule is Nc1ccc(Br)cc1SCCc1ccccn1. The first-order valence-corrected chi connectivity index (χ1v) is 7.11. The molecule has 0 bridgehead atoms. The lowest BCUT2D eigenvalue weighted by atomic mass is 10.3. The minimum Gasteiger partial charge on any atom is -0.398 e. The molecule has 88 valence electrons. The first kappa shape index (κ1) is 12.5. The molecular weight excluding hydrogens is 296 g/mol. The zero-order chi connectivity index (χ0) is 12.1. The third-order valence-corrected chi connectivity index (χ3v) is 3.88. The van der Waals surface area contributed by atoms with Crippen LogP contribution in [0, 0.1) is 0 Å². The Morgan fingerprint density at radius 2 is 2.12 bits per heavy atom. The highest BCUT2D eigenvalue weighted by atomic mass is 79.9. The molecule has 0 aliphatic rings. The second-order valence-corrected chi connectivity index (χ2v) is 5.65. The van der Waals surface area contributed by atoms with Gasteiger partial charge in [-0.15, -0.1) is 11.8 Å². The summed E-state index contributed by atoms with van der Waals surface area (Å²) in [5.74, 6) is 0.984. The lowest BCUT2D eigenvalue weighted by Crippen LogP contribution is -1.93. The maximum absolute atomic E-state index is 5.91. The number of nitrogens with two attached hydrogens (primary N) is 1. The van der Waals surface area contributed by atoms with E-state index in [1.807, 2.05) is 36.5 Å². The molecule has 0 atom stereocenters. The van der Waals surface area contributed by atoms with Gasteiger partial charge in [-0.2, -0.15) is 0 Å². The Labute approximate surface area is 114 Å². The number of hydrogen-bond donors (Lipinski definition) is 1. The van der Waals surface area contributed by atoms with Crippen LogP contribution in [0.1, 0.15) is 5.69 Å². The van der Waals surface area contributed by atoms with Crippen molar-refractivity contribution in [2.45, 2.75) is 11.3 Å². The number of halogens is 1. The summed E-state index contributed by atoms with van der Waals surface area (Å²) in [5.41, 5.74) is 7.86. The van der Waals surface area contributed by atoms with Gasteiger partial charge in [0.2, 0.25) is 0 Å². The highest BCUT2D eigenvalue weighted by molar-refractivity contribution is 9.10. The molecule has 0 aliphatic carbocycles. The van der Waals surface area contributed by atoms with Crippen molar-refractivity contribution in [3.05, 3.63) is 52.8 Å². The lowest BCUT2D eigenvalue weighted by molar-refractivity contribution is 1.05. The molecule has 0 radical (unpaired) electrons. The maximum Gasteiger partial charge on any atom is 0.0453 e. The Kier molecular flexibility index (Phi) is 4.45. The summed E-state index contributed by atoms with van der Waals surface area (Å²) >= 11 is 5.21. The fourth-order valence-electron chi connectivity index (χ4n) is 1.44. The van der Waals surface area contributed by atoms with E-state index in [0.29, 0.717) is 0 Å². The van der Waals surface area contributed by atoms with Crippen LogP contribution in [0.15, 0.2) is 52.0 Å². The topological polar surface area (TPSA) is 38.9 Å². The van der Waals surface area contributed by atoms with Crippen LogP contribution in [0.3, 0.4) is 0 Å². The Morgan fingerprint density at radius 1 is 1.24 bits per heavy atom. The number of aromatic nitrogens is 1. The normalized spacial score (nSPS) is 10.4. The van der Waals surface area contributed by atoms with Crippen molar-refractivity contribution < 1.29 is 0 Å². The van der Waals surface area contributed by atoms with Crippen LogP contribution in [0.5, 0.6) is 0 Å². The average molecular weight is 309 g/mol. The Bertz CT molecular complexity index is 488. The lowest BCUT2D eigenvalue weighted by Gasteiger charge is -2.05. The number of hydrogen-bond acceptors (Lipinski definition) is 3. The van der Waals surface area contributed by atoms with Crippen molar-refractivity contribution in [3.8, 4) is 0 Å². The summed E-state index contributed by atoms with van der Waals surface area (Å²) in [6.45, 7) is 0. The third kappa shape index (κ3) is 3.75. The van der Waals surface area contributed by atoms with Gasteiger partial charge in [-0.3, -0.25) is 4.98 Å². The van der Waals surface area contributed by atoms with Crippen molar-refractivity contribution in [1.29, 1.82) is 0 Å². The van der Waals surface area contributed by atoms with Gasteiger partial charge in [-0.25, -0.2) is 0 Å². The van der Waals surface area contributed by atoms with E-state index in [-0.39, 0.29) is 0 Å². The first-order chi connectivity index (χ1) is 8.25. The second kappa shape index (κ2) is 6.07. The fraction of sp³-hybridized carbons (Fsp3) is 0.154. The van der Waals surface area contributed by atoms with E-state index in [2.05, 4.69) is 27.0 Å². The molecule has 0 fully saturated rings. The minimum absolute atomic E-state index is 0.833. The van der Waals surface area contributed by atoms with Gasteiger partial charge in [-0.05, 0) is 36.8 Å². The van der Waals surface area contributed by atoms with E-state index in [1.165, 1.54) is 0 Å². The van der Waals surface area contributed by atoms with E-state index in [4.69, 9.17) is 5.73 Å². The highest BCUT2D eigenvalue weighted by Gasteiger charge is 2.01. The van der Waals surface area contributed by atoms with Gasteiger partial charge in [0, 0.05) is 32.7 Å². The van der Waals surface area contributed by atoms with Crippen molar-refractivity contribution in [1.82, 2.24) is 4.98 Å². The summed E-state index contributed by atoms with van der Waals surface area (Å²) in [7, 11) is 0. The summed E-state index contributed by atoms with van der Waals surface area (Å²) < 4.78 is 1.06. The predicted molar refractivity (Wildman–Crippen MR) is 77.2 cm³/mol. The van der Waals surface area contributed by atoms with Gasteiger partial charge in [0.15, 0.2) is 0 Å². The van der Waals surface area contributed by atoms with Gasteiger partial charge in [0.1, 0.15) is 0 Å². The Morgan fingerprint density at radius 3 is 2.88 bits per heavy atom. The summed E-state index contributed by atoms with van der Waals surface area (Å²) in [6, 6.07) is 11.9. The predicted octanol–water partition coefficient (Wildman–Crippen LogP) is 3.76. The molecule has 0 unspecified atom stereocenters. The number of rotatable bonds is 4. The highest BCUT2D eigenvalue weighted by Crippen LogP contribution is 2.28. The standard InChI is InChI=1S/C13H13BrN2S/c14-10-4-5-12(15)13(9-10)17-8-6-11-3-1-2-7-16-11/h1-5,7,9H,6,8,15H2. The molecule has 0 saturated carbocycles. The van der Waals surface area contributed by atoms with E-state index in [1.54, 1.807) is 11.8 Å². The van der Waals surface area contributed by atoms with Crippen LogP contribution in [0.25, 0.3) is 0 Å². The van der Waals surface area contributed by atoms with Gasteiger partial charge in [-0.1, -0.05) is 22.0 Å². The Hall–Kier alpha value is -1.00. The molecule has 2 rings (SSSR count). The molecule has 1 aromatic heterocycles. The molecule has 0 aliphatic heterocycles. The average Bonchev–Trinajstić information content (AvgIpc) is 2.35. The number of nitrogen functional groups attached to an aromatic ring is 1. The molecule has 17 heavy (non-hydrogen) atoms. The second-order valence-electron chi connectivity index (χ2n) is 3.60. The Balaban J connectivity index is 1.92. The monoisotopic (exact) mass is 308 g/mol. The summed E-state index contributed by atoms with van der Waals surface area (Å²) in [4.78, 5) is 5.42. The zero-order valence-electron chi connectivity index (χ0n) is 9.27. The van der Waals surface area contributed by atoms with Crippen molar-refractivity contribution in [2.24, 2.45) is 0 Å². The molecular formula is C13H13BrN2S. The first-order valence-electron chi connectivity index (χ1n) is 5.33. The number of nitrogens with zero attached hydrogens (tertiary/aromatic N) is 1. The fourth-order valence-corrected chi connectivity index (χ4v) is 2.93. The van der Waals surface area contributed by atoms with E-state index >= 15 is 0 Å². The molecule has 0 amide bonds. The van der Waals surface area contributed by atoms with Crippen LogP contribution in [-0.4, -0.2) is 10.7 Å². The smallest absolute Gasteiger partial charge is 0.0453 e. The number of benzene rings is 1. The maximum atomic E-state index is 5.91. The number of aryl methyl sites for hydroxylation is 1. The van der Waals surface area contributed by atoms with Gasteiger partial charge >= 0.3 is 0 Å². The van der Waals surface area contributed by atoms with Gasteiger partial charge in [0.05, 0.1) is 0 Å². The molecule has 0 saturated heterocycles. The summed E-state index contributed by atoms with van der Waals surface area (Å²) in [6.07, 6.45) is 2.78. The van der Waals surface area contributed by atoms with E-state index in [9.17, 15) is 0 Å². The summed E-state index contributed by atoms with van der Waals surface area (Å²) in [5, 5.41) is 0. The zero-order valence-corrected chi connectivity index (χ0v) is 11.7. The molecule has 0 spiro atoms. The molecule has 4 heteroatoms. The van der Waals surface area contributed by atoms with Crippen molar-refractivity contribution >= 4 is 33.4 Å². The number of thioether (sulfide) groups is 1. The van der Waals surface area contributed by atoms with Crippen LogP contribution in [-0.2, 0) is 6.42 Å². The molecule has 2 aromatic rings. The van der Waals surface area contributed by atoms with Crippen LogP contribution in [0.4, 0.5) is 5.69 Å². The molecule has 1 heterocycles. The van der Waals surface area contributed by atoms with Gasteiger partial charge in [0.25, 0.3) is 0 Å². The molecule has 2 N–H and O–H groups in total. The number of anilines is 1. The number of pyridine rings is 1. The van der Waals surface area contributed by atoms with E-state index in [0.717, 1.165) is 32.9 Å². The van der Waals surface area contributed by atoms with Gasteiger partial charge < -0.3 is 5.73 Å². The van der Waals surface area contributed by atoms with Crippen molar-refractivity contribution in [2.75, 3.05) is 11.5 Å². The largest absolute Gasteiger partial charge is 0.398 e. The van der Waals surface area contributed by atoms with Crippen LogP contribution in [0.2, 0.25) is 0 Å².